The summed E-state index contributed by atoms with van der Waals surface area (Å²) in [5.41, 5.74) is 3.46. The Bertz CT molecular complexity index is 673. The van der Waals surface area contributed by atoms with E-state index in [-0.39, 0.29) is 11.5 Å². The van der Waals surface area contributed by atoms with Gasteiger partial charge in [0.2, 0.25) is 0 Å². The van der Waals surface area contributed by atoms with Gasteiger partial charge in [-0.1, -0.05) is 18.2 Å². The molecule has 0 saturated carbocycles. The van der Waals surface area contributed by atoms with Crippen LogP contribution < -0.4 is 4.52 Å². The Hall–Kier alpha value is -1.81. The Balaban J connectivity index is 2.41. The third-order valence-corrected chi connectivity index (χ3v) is 3.53. The second-order valence-electron chi connectivity index (χ2n) is 4.51. The molecule has 2 aromatic carbocycles. The van der Waals surface area contributed by atoms with Gasteiger partial charge in [-0.2, -0.15) is 0 Å². The Kier molecular flexibility index (Phi) is 3.86. The van der Waals surface area contributed by atoms with Crippen molar-refractivity contribution in [3.05, 3.63) is 47.5 Å². The van der Waals surface area contributed by atoms with E-state index in [0.717, 1.165) is 16.7 Å². The zero-order valence-electron chi connectivity index (χ0n) is 11.1. The van der Waals surface area contributed by atoms with Crippen molar-refractivity contribution in [2.24, 2.45) is 0 Å². The highest BCUT2D eigenvalue weighted by molar-refractivity contribution is 7.46. The molecule has 20 heavy (non-hydrogen) atoms. The fraction of sp³-hybridized carbons (Fsp3) is 0.143. The molecule has 0 radical (unpaired) electrons. The zero-order valence-corrected chi connectivity index (χ0v) is 12.0. The van der Waals surface area contributed by atoms with Crippen LogP contribution in [0.5, 0.6) is 11.5 Å². The molecule has 0 aliphatic rings. The standard InChI is InChI=1S/C14H15O5P/c1-9-3-8-13(15)14(10(9)2)11-4-6-12(7-5-11)19-20(16,17)18/h3-8,15H,1-2H3,(H2,16,17,18). The van der Waals surface area contributed by atoms with Crippen molar-refractivity contribution < 1.29 is 24.0 Å². The van der Waals surface area contributed by atoms with E-state index in [9.17, 15) is 9.67 Å². The number of hydrogen-bond donors (Lipinski definition) is 3. The fourth-order valence-electron chi connectivity index (χ4n) is 1.99. The van der Waals surface area contributed by atoms with Crippen LogP contribution in [0.2, 0.25) is 0 Å². The Labute approximate surface area is 116 Å². The summed E-state index contributed by atoms with van der Waals surface area (Å²) in [6, 6.07) is 9.65. The van der Waals surface area contributed by atoms with Gasteiger partial charge in [0.05, 0.1) is 0 Å². The van der Waals surface area contributed by atoms with Gasteiger partial charge in [0.1, 0.15) is 11.5 Å². The monoisotopic (exact) mass is 294 g/mol. The van der Waals surface area contributed by atoms with Gasteiger partial charge >= 0.3 is 7.82 Å². The van der Waals surface area contributed by atoms with Crippen molar-refractivity contribution >= 4 is 7.82 Å². The number of aromatic hydroxyl groups is 1. The first-order chi connectivity index (χ1) is 9.28. The molecule has 0 saturated heterocycles. The first-order valence-corrected chi connectivity index (χ1v) is 7.46. The molecule has 0 fully saturated rings. The lowest BCUT2D eigenvalue weighted by atomic mass is 9.96. The molecule has 0 amide bonds. The second kappa shape index (κ2) is 5.29. The van der Waals surface area contributed by atoms with Gasteiger partial charge in [-0.3, -0.25) is 9.79 Å². The molecular formula is C14H15O5P. The lowest BCUT2D eigenvalue weighted by Crippen LogP contribution is -1.91. The number of rotatable bonds is 3. The van der Waals surface area contributed by atoms with Gasteiger partial charge < -0.3 is 9.63 Å². The van der Waals surface area contributed by atoms with E-state index >= 15 is 0 Å². The van der Waals surface area contributed by atoms with Crippen LogP contribution in [0.3, 0.4) is 0 Å². The molecule has 0 heterocycles. The van der Waals surface area contributed by atoms with Crippen LogP contribution in [0.15, 0.2) is 36.4 Å². The molecule has 3 N–H and O–H groups in total. The molecule has 0 atom stereocenters. The van der Waals surface area contributed by atoms with Crippen molar-refractivity contribution in [2.75, 3.05) is 0 Å². The number of phenols is 1. The minimum atomic E-state index is -4.55. The molecule has 5 nitrogen and oxygen atoms in total. The number of phosphoric ester groups is 1. The number of hydrogen-bond acceptors (Lipinski definition) is 3. The molecule has 2 aromatic rings. The maximum absolute atomic E-state index is 10.7. The van der Waals surface area contributed by atoms with E-state index in [1.807, 2.05) is 19.9 Å². The quantitative estimate of drug-likeness (QED) is 0.757. The fourth-order valence-corrected chi connectivity index (χ4v) is 2.38. The van der Waals surface area contributed by atoms with Gasteiger partial charge in [-0.05, 0) is 48.7 Å². The van der Waals surface area contributed by atoms with E-state index in [1.54, 1.807) is 18.2 Å². The number of phenolic OH excluding ortho intramolecular Hbond substituents is 1. The third-order valence-electron chi connectivity index (χ3n) is 3.08. The van der Waals surface area contributed by atoms with E-state index in [4.69, 9.17) is 9.79 Å². The summed E-state index contributed by atoms with van der Waals surface area (Å²) in [5.74, 6) is 0.239. The summed E-state index contributed by atoms with van der Waals surface area (Å²) in [4.78, 5) is 17.5. The van der Waals surface area contributed by atoms with Crippen LogP contribution in [0.4, 0.5) is 0 Å². The van der Waals surface area contributed by atoms with Crippen molar-refractivity contribution in [2.45, 2.75) is 13.8 Å². The van der Waals surface area contributed by atoms with Gasteiger partial charge in [0.15, 0.2) is 0 Å². The van der Waals surface area contributed by atoms with Gasteiger partial charge in [-0.15, -0.1) is 0 Å². The smallest absolute Gasteiger partial charge is 0.507 e. The predicted octanol–water partition coefficient (Wildman–Crippen LogP) is 3.15. The molecule has 0 aromatic heterocycles. The summed E-state index contributed by atoms with van der Waals surface area (Å²) < 4.78 is 15.2. The highest BCUT2D eigenvalue weighted by Gasteiger charge is 2.16. The number of phosphoric acid groups is 1. The summed E-state index contributed by atoms with van der Waals surface area (Å²) in [5, 5.41) is 9.97. The molecule has 2 rings (SSSR count). The number of benzene rings is 2. The number of aryl methyl sites for hydroxylation is 1. The van der Waals surface area contributed by atoms with Crippen LogP contribution in [-0.2, 0) is 4.57 Å². The van der Waals surface area contributed by atoms with Crippen LogP contribution in [0.25, 0.3) is 11.1 Å². The van der Waals surface area contributed by atoms with Crippen LogP contribution in [0.1, 0.15) is 11.1 Å². The van der Waals surface area contributed by atoms with Crippen molar-refractivity contribution in [3.8, 4) is 22.6 Å². The second-order valence-corrected chi connectivity index (χ2v) is 5.67. The molecule has 106 valence electrons. The summed E-state index contributed by atoms with van der Waals surface area (Å²) in [6.45, 7) is 3.86. The van der Waals surface area contributed by atoms with Gasteiger partial charge in [0.25, 0.3) is 0 Å². The minimum absolute atomic E-state index is 0.0758. The molecule has 6 heteroatoms. The largest absolute Gasteiger partial charge is 0.524 e. The SMILES string of the molecule is Cc1ccc(O)c(-c2ccc(OP(=O)(O)O)cc2)c1C. The van der Waals surface area contributed by atoms with E-state index in [0.29, 0.717) is 5.56 Å². The van der Waals surface area contributed by atoms with E-state index < -0.39 is 7.82 Å². The first-order valence-electron chi connectivity index (χ1n) is 5.92. The molecular weight excluding hydrogens is 279 g/mol. The maximum atomic E-state index is 10.7. The van der Waals surface area contributed by atoms with Crippen molar-refractivity contribution in [3.63, 3.8) is 0 Å². The normalized spacial score (nSPS) is 11.4. The maximum Gasteiger partial charge on any atom is 0.524 e. The van der Waals surface area contributed by atoms with Crippen LogP contribution in [0, 0.1) is 13.8 Å². The molecule has 0 aliphatic carbocycles. The van der Waals surface area contributed by atoms with Crippen molar-refractivity contribution in [1.82, 2.24) is 0 Å². The topological polar surface area (TPSA) is 87.0 Å². The highest BCUT2D eigenvalue weighted by Crippen LogP contribution is 2.39. The highest BCUT2D eigenvalue weighted by atomic mass is 31.2. The van der Waals surface area contributed by atoms with Gasteiger partial charge in [0, 0.05) is 5.56 Å². The zero-order chi connectivity index (χ0) is 14.9. The summed E-state index contributed by atoms with van der Waals surface area (Å²) in [7, 11) is -4.55. The molecule has 0 spiro atoms. The lowest BCUT2D eigenvalue weighted by molar-refractivity contribution is 0.283. The molecule has 0 aliphatic heterocycles. The molecule has 0 unspecified atom stereocenters. The average Bonchev–Trinajstić information content (AvgIpc) is 2.35. The van der Waals surface area contributed by atoms with Crippen LogP contribution in [-0.4, -0.2) is 14.9 Å². The Morgan fingerprint density at radius 3 is 2.15 bits per heavy atom. The first kappa shape index (κ1) is 14.6. The average molecular weight is 294 g/mol. The molecule has 0 bridgehead atoms. The minimum Gasteiger partial charge on any atom is -0.507 e. The van der Waals surface area contributed by atoms with Gasteiger partial charge in [-0.25, -0.2) is 4.57 Å². The predicted molar refractivity (Wildman–Crippen MR) is 75.7 cm³/mol. The lowest BCUT2D eigenvalue weighted by Gasteiger charge is -2.12. The third kappa shape index (κ3) is 3.20. The van der Waals surface area contributed by atoms with Crippen LogP contribution >= 0.6 is 7.82 Å². The van der Waals surface area contributed by atoms with E-state index in [2.05, 4.69) is 4.52 Å². The van der Waals surface area contributed by atoms with Crippen molar-refractivity contribution in [1.29, 1.82) is 0 Å². The summed E-state index contributed by atoms with van der Waals surface area (Å²) in [6.07, 6.45) is 0. The van der Waals surface area contributed by atoms with E-state index in [1.165, 1.54) is 12.1 Å². The summed E-state index contributed by atoms with van der Waals surface area (Å²) >= 11 is 0. The Morgan fingerprint density at radius 2 is 1.60 bits per heavy atom. The Morgan fingerprint density at radius 1 is 1.00 bits per heavy atom.